The molecule has 0 saturated carbocycles. The highest BCUT2D eigenvalue weighted by atomic mass is 32.1. The molecule has 2 N–H and O–H groups in total. The Labute approximate surface area is 126 Å². The molecule has 112 valence electrons. The van der Waals surface area contributed by atoms with Crippen molar-refractivity contribution >= 4 is 17.2 Å². The molecule has 21 heavy (non-hydrogen) atoms. The summed E-state index contributed by atoms with van der Waals surface area (Å²) in [6, 6.07) is 6.23. The van der Waals surface area contributed by atoms with Crippen molar-refractivity contribution < 1.29 is 14.3 Å². The van der Waals surface area contributed by atoms with Crippen LogP contribution in [0.3, 0.4) is 0 Å². The minimum absolute atomic E-state index is 0.239. The summed E-state index contributed by atoms with van der Waals surface area (Å²) in [5.41, 5.74) is 1.33. The van der Waals surface area contributed by atoms with Crippen molar-refractivity contribution in [2.75, 3.05) is 6.54 Å². The molecule has 1 amide bonds. The first-order valence-corrected chi connectivity index (χ1v) is 7.57. The van der Waals surface area contributed by atoms with Crippen molar-refractivity contribution in [2.24, 2.45) is 0 Å². The Kier molecular flexibility index (Phi) is 5.41. The van der Waals surface area contributed by atoms with Gasteiger partial charge in [-0.15, -0.1) is 11.3 Å². The fourth-order valence-corrected chi connectivity index (χ4v) is 2.57. The molecule has 0 aliphatic heterocycles. The lowest BCUT2D eigenvalue weighted by Gasteiger charge is -2.04. The number of rotatable bonds is 6. The number of nitrogens with one attached hydrogen (secondary N) is 1. The predicted molar refractivity (Wildman–Crippen MR) is 80.0 cm³/mol. The van der Waals surface area contributed by atoms with Gasteiger partial charge in [0.2, 0.25) is 0 Å². The van der Waals surface area contributed by atoms with E-state index in [1.54, 1.807) is 24.4 Å². The van der Waals surface area contributed by atoms with Gasteiger partial charge < -0.3 is 10.4 Å². The maximum atomic E-state index is 12.8. The number of halogens is 1. The van der Waals surface area contributed by atoms with Crippen molar-refractivity contribution in [2.45, 2.75) is 25.9 Å². The highest BCUT2D eigenvalue weighted by Gasteiger charge is 2.11. The van der Waals surface area contributed by atoms with E-state index in [9.17, 15) is 9.18 Å². The molecule has 2 rings (SSSR count). The number of amides is 1. The van der Waals surface area contributed by atoms with Gasteiger partial charge in [-0.05, 0) is 31.0 Å². The molecule has 1 aromatic carbocycles. The first-order chi connectivity index (χ1) is 10.0. The van der Waals surface area contributed by atoms with Gasteiger partial charge in [-0.1, -0.05) is 12.1 Å². The Hall–Kier alpha value is -1.79. The number of benzene rings is 1. The van der Waals surface area contributed by atoms with Gasteiger partial charge >= 0.3 is 0 Å². The van der Waals surface area contributed by atoms with Crippen LogP contribution in [-0.2, 0) is 6.42 Å². The predicted octanol–water partition coefficient (Wildman–Crippen LogP) is 2.37. The largest absolute Gasteiger partial charge is 0.393 e. The Bertz CT molecular complexity index is 596. The minimum Gasteiger partial charge on any atom is -0.393 e. The summed E-state index contributed by atoms with van der Waals surface area (Å²) in [7, 11) is 0. The molecule has 0 spiro atoms. The summed E-state index contributed by atoms with van der Waals surface area (Å²) in [5, 5.41) is 14.4. The van der Waals surface area contributed by atoms with E-state index in [-0.39, 0.29) is 11.7 Å². The van der Waals surface area contributed by atoms with Gasteiger partial charge in [0.25, 0.3) is 5.91 Å². The summed E-state index contributed by atoms with van der Waals surface area (Å²) in [6.07, 6.45) is 0.652. The van der Waals surface area contributed by atoms with Crippen LogP contribution in [0.15, 0.2) is 29.6 Å². The van der Waals surface area contributed by atoms with Gasteiger partial charge in [0.15, 0.2) is 0 Å². The molecule has 6 heteroatoms. The Morgan fingerprint density at radius 3 is 2.81 bits per heavy atom. The van der Waals surface area contributed by atoms with Crippen LogP contribution in [0.2, 0.25) is 0 Å². The van der Waals surface area contributed by atoms with E-state index < -0.39 is 6.10 Å². The molecule has 2 aromatic rings. The number of nitrogens with zero attached hydrogens (tertiary/aromatic N) is 1. The monoisotopic (exact) mass is 308 g/mol. The molecule has 0 radical (unpaired) electrons. The van der Waals surface area contributed by atoms with Crippen molar-refractivity contribution in [1.82, 2.24) is 10.3 Å². The number of aromatic nitrogens is 1. The van der Waals surface area contributed by atoms with Crippen molar-refractivity contribution in [3.8, 4) is 0 Å². The third kappa shape index (κ3) is 4.91. The topological polar surface area (TPSA) is 62.2 Å². The van der Waals surface area contributed by atoms with E-state index in [4.69, 9.17) is 5.11 Å². The normalized spacial score (nSPS) is 12.1. The molecule has 0 bridgehead atoms. The lowest BCUT2D eigenvalue weighted by molar-refractivity contribution is 0.0941. The van der Waals surface area contributed by atoms with Gasteiger partial charge in [-0.25, -0.2) is 9.37 Å². The Balaban J connectivity index is 1.91. The van der Waals surface area contributed by atoms with Gasteiger partial charge in [-0.2, -0.15) is 0 Å². The fraction of sp³-hybridized carbons (Fsp3) is 0.333. The molecule has 1 heterocycles. The lowest BCUT2D eigenvalue weighted by Crippen LogP contribution is -2.26. The standard InChI is InChI=1S/C15H17FN2O2S/c1-10(19)6-7-17-15(20)13-9-21-14(18-13)8-11-2-4-12(16)5-3-11/h2-5,9-10,19H,6-8H2,1H3,(H,17,20). The van der Waals surface area contributed by atoms with Crippen LogP contribution in [-0.4, -0.2) is 28.6 Å². The summed E-state index contributed by atoms with van der Waals surface area (Å²) < 4.78 is 12.8. The van der Waals surface area contributed by atoms with Gasteiger partial charge in [0.1, 0.15) is 11.5 Å². The van der Waals surface area contributed by atoms with E-state index in [0.29, 0.717) is 25.1 Å². The molecule has 0 saturated heterocycles. The van der Waals surface area contributed by atoms with Crippen LogP contribution < -0.4 is 5.32 Å². The third-order valence-electron chi connectivity index (χ3n) is 2.90. The molecule has 1 unspecified atom stereocenters. The van der Waals surface area contributed by atoms with Crippen molar-refractivity contribution in [3.63, 3.8) is 0 Å². The molecule has 1 aromatic heterocycles. The van der Waals surface area contributed by atoms with Crippen molar-refractivity contribution in [1.29, 1.82) is 0 Å². The zero-order chi connectivity index (χ0) is 15.2. The number of carbonyl (C=O) groups is 1. The minimum atomic E-state index is -0.435. The van der Waals surface area contributed by atoms with E-state index in [0.717, 1.165) is 10.6 Å². The van der Waals surface area contributed by atoms with Gasteiger partial charge in [0.05, 0.1) is 11.1 Å². The number of aliphatic hydroxyl groups is 1. The van der Waals surface area contributed by atoms with E-state index >= 15 is 0 Å². The number of carbonyl (C=O) groups excluding carboxylic acids is 1. The second kappa shape index (κ2) is 7.28. The molecule has 0 aliphatic carbocycles. The molecule has 0 aliphatic rings. The molecule has 0 fully saturated rings. The summed E-state index contributed by atoms with van der Waals surface area (Å²) >= 11 is 1.40. The van der Waals surface area contributed by atoms with E-state index in [2.05, 4.69) is 10.3 Å². The first kappa shape index (κ1) is 15.6. The van der Waals surface area contributed by atoms with Crippen LogP contribution >= 0.6 is 11.3 Å². The average molecular weight is 308 g/mol. The molecular weight excluding hydrogens is 291 g/mol. The van der Waals surface area contributed by atoms with Crippen molar-refractivity contribution in [3.05, 3.63) is 51.7 Å². The zero-order valence-electron chi connectivity index (χ0n) is 11.7. The lowest BCUT2D eigenvalue weighted by atomic mass is 10.1. The zero-order valence-corrected chi connectivity index (χ0v) is 12.5. The second-order valence-electron chi connectivity index (χ2n) is 4.82. The SMILES string of the molecule is CC(O)CCNC(=O)c1csc(Cc2ccc(F)cc2)n1. The molecular formula is C15H17FN2O2S. The van der Waals surface area contributed by atoms with E-state index in [1.807, 2.05) is 0 Å². The Morgan fingerprint density at radius 1 is 1.43 bits per heavy atom. The molecule has 4 nitrogen and oxygen atoms in total. The summed E-state index contributed by atoms with van der Waals surface area (Å²) in [4.78, 5) is 16.1. The summed E-state index contributed by atoms with van der Waals surface area (Å²) in [6.45, 7) is 2.09. The number of thiazole rings is 1. The van der Waals surface area contributed by atoms with Crippen LogP contribution in [0.1, 0.15) is 34.4 Å². The quantitative estimate of drug-likeness (QED) is 0.861. The van der Waals surface area contributed by atoms with E-state index in [1.165, 1.54) is 23.5 Å². The van der Waals surface area contributed by atoms with Crippen LogP contribution in [0, 0.1) is 5.82 Å². The number of hydrogen-bond acceptors (Lipinski definition) is 4. The maximum Gasteiger partial charge on any atom is 0.270 e. The van der Waals surface area contributed by atoms with Gasteiger partial charge in [0, 0.05) is 18.3 Å². The number of aliphatic hydroxyl groups excluding tert-OH is 1. The second-order valence-corrected chi connectivity index (χ2v) is 5.77. The fourth-order valence-electron chi connectivity index (χ4n) is 1.76. The Morgan fingerprint density at radius 2 is 2.14 bits per heavy atom. The maximum absolute atomic E-state index is 12.8. The highest BCUT2D eigenvalue weighted by Crippen LogP contribution is 2.15. The molecule has 1 atom stereocenters. The smallest absolute Gasteiger partial charge is 0.270 e. The average Bonchev–Trinajstić information content (AvgIpc) is 2.89. The van der Waals surface area contributed by atoms with Crippen LogP contribution in [0.4, 0.5) is 4.39 Å². The number of hydrogen-bond donors (Lipinski definition) is 2. The van der Waals surface area contributed by atoms with Gasteiger partial charge in [-0.3, -0.25) is 4.79 Å². The van der Waals surface area contributed by atoms with Crippen LogP contribution in [0.25, 0.3) is 0 Å². The first-order valence-electron chi connectivity index (χ1n) is 6.69. The third-order valence-corrected chi connectivity index (χ3v) is 3.75. The highest BCUT2D eigenvalue weighted by molar-refractivity contribution is 7.09. The summed E-state index contributed by atoms with van der Waals surface area (Å²) in [5.74, 6) is -0.506. The van der Waals surface area contributed by atoms with Crippen LogP contribution in [0.5, 0.6) is 0 Å².